The highest BCUT2D eigenvalue weighted by Crippen LogP contribution is 2.39. The number of halogens is 4. The summed E-state index contributed by atoms with van der Waals surface area (Å²) >= 11 is 0. The molecule has 0 aromatic heterocycles. The van der Waals surface area contributed by atoms with Gasteiger partial charge in [-0.15, -0.1) is 0 Å². The van der Waals surface area contributed by atoms with E-state index in [1.807, 2.05) is 0 Å². The number of rotatable bonds is 3. The molecule has 2 aromatic carbocycles. The molecule has 3 rings (SSSR count). The molecule has 0 spiro atoms. The highest BCUT2D eigenvalue weighted by molar-refractivity contribution is 6.10. The second-order valence-corrected chi connectivity index (χ2v) is 5.47. The molecule has 0 amide bonds. The quantitative estimate of drug-likeness (QED) is 0.605. The van der Waals surface area contributed by atoms with Crippen LogP contribution in [0.25, 0.3) is 0 Å². The Hall–Kier alpha value is -3.23. The van der Waals surface area contributed by atoms with Crippen LogP contribution in [0.2, 0.25) is 0 Å². The van der Waals surface area contributed by atoms with E-state index in [4.69, 9.17) is 4.74 Å². The minimum atomic E-state index is -5.20. The molecular weight excluding hydrogens is 368 g/mol. The molecule has 1 aliphatic heterocycles. The first-order valence-electron chi connectivity index (χ1n) is 7.61. The van der Waals surface area contributed by atoms with Gasteiger partial charge < -0.3 is 9.47 Å². The summed E-state index contributed by atoms with van der Waals surface area (Å²) in [7, 11) is 0.802. The van der Waals surface area contributed by atoms with Crippen molar-refractivity contribution in [3.63, 3.8) is 0 Å². The summed E-state index contributed by atoms with van der Waals surface area (Å²) in [5.41, 5.74) is -3.30. The van der Waals surface area contributed by atoms with E-state index in [2.05, 4.69) is 14.7 Å². The number of aliphatic imine (C=N–C) groups is 2. The van der Waals surface area contributed by atoms with Crippen molar-refractivity contribution >= 4 is 17.8 Å². The SMILES string of the molecule is COC(=O)C1(C(F)(F)F)N=C(c2ccccc2)OC(c2ccc(F)cc2)=N1. The van der Waals surface area contributed by atoms with E-state index in [0.29, 0.717) is 0 Å². The van der Waals surface area contributed by atoms with Crippen molar-refractivity contribution in [2.24, 2.45) is 9.98 Å². The molecular formula is C18H12F4N2O3. The zero-order valence-electron chi connectivity index (χ0n) is 13.8. The molecule has 0 fully saturated rings. The van der Waals surface area contributed by atoms with Gasteiger partial charge in [-0.1, -0.05) is 18.2 Å². The molecule has 0 N–H and O–H groups in total. The third-order valence-electron chi connectivity index (χ3n) is 3.70. The number of benzene rings is 2. The van der Waals surface area contributed by atoms with Crippen molar-refractivity contribution < 1.29 is 31.8 Å². The minimum Gasteiger partial charge on any atom is -0.465 e. The maximum Gasteiger partial charge on any atom is 0.446 e. The summed E-state index contributed by atoms with van der Waals surface area (Å²) in [6.07, 6.45) is -5.20. The summed E-state index contributed by atoms with van der Waals surface area (Å²) in [5.74, 6) is -3.31. The molecule has 0 radical (unpaired) electrons. The first-order chi connectivity index (χ1) is 12.8. The highest BCUT2D eigenvalue weighted by atomic mass is 19.4. The Morgan fingerprint density at radius 1 is 0.963 bits per heavy atom. The van der Waals surface area contributed by atoms with E-state index in [9.17, 15) is 22.4 Å². The van der Waals surface area contributed by atoms with Gasteiger partial charge in [-0.2, -0.15) is 23.2 Å². The van der Waals surface area contributed by atoms with Gasteiger partial charge in [0, 0.05) is 11.1 Å². The Morgan fingerprint density at radius 3 is 1.96 bits per heavy atom. The van der Waals surface area contributed by atoms with Crippen LogP contribution in [0.5, 0.6) is 0 Å². The van der Waals surface area contributed by atoms with Crippen LogP contribution in [0.3, 0.4) is 0 Å². The zero-order valence-corrected chi connectivity index (χ0v) is 13.8. The van der Waals surface area contributed by atoms with Crippen LogP contribution in [0.1, 0.15) is 11.1 Å². The van der Waals surface area contributed by atoms with Crippen molar-refractivity contribution in [2.45, 2.75) is 11.8 Å². The molecule has 2 aromatic rings. The number of esters is 1. The monoisotopic (exact) mass is 380 g/mol. The molecule has 5 nitrogen and oxygen atoms in total. The van der Waals surface area contributed by atoms with Gasteiger partial charge in [0.15, 0.2) is 0 Å². The second-order valence-electron chi connectivity index (χ2n) is 5.47. The maximum absolute atomic E-state index is 13.8. The number of carbonyl (C=O) groups excluding carboxylic acids is 1. The van der Waals surface area contributed by atoms with E-state index in [0.717, 1.165) is 19.2 Å². The van der Waals surface area contributed by atoms with Crippen molar-refractivity contribution in [2.75, 3.05) is 7.11 Å². The molecule has 1 unspecified atom stereocenters. The van der Waals surface area contributed by atoms with Crippen LogP contribution >= 0.6 is 0 Å². The molecule has 1 heterocycles. The molecule has 0 saturated carbocycles. The van der Waals surface area contributed by atoms with E-state index < -0.39 is 35.4 Å². The summed E-state index contributed by atoms with van der Waals surface area (Å²) in [6, 6.07) is 12.1. The third-order valence-corrected chi connectivity index (χ3v) is 3.70. The van der Waals surface area contributed by atoms with Gasteiger partial charge in [-0.05, 0) is 36.4 Å². The molecule has 140 valence electrons. The maximum atomic E-state index is 13.8. The van der Waals surface area contributed by atoms with Crippen molar-refractivity contribution in [1.29, 1.82) is 0 Å². The smallest absolute Gasteiger partial charge is 0.446 e. The van der Waals surface area contributed by atoms with Crippen LogP contribution in [0.4, 0.5) is 17.6 Å². The Labute approximate surface area is 151 Å². The Bertz CT molecular complexity index is 908. The molecule has 1 aliphatic rings. The molecule has 9 heteroatoms. The normalized spacial score (nSPS) is 19.6. The van der Waals surface area contributed by atoms with Crippen molar-refractivity contribution in [1.82, 2.24) is 0 Å². The first kappa shape index (κ1) is 18.6. The predicted octanol–water partition coefficient (Wildman–Crippen LogP) is 3.48. The average molecular weight is 380 g/mol. The molecule has 27 heavy (non-hydrogen) atoms. The Morgan fingerprint density at radius 2 is 1.48 bits per heavy atom. The van der Waals surface area contributed by atoms with E-state index >= 15 is 0 Å². The summed E-state index contributed by atoms with van der Waals surface area (Å²) in [4.78, 5) is 18.9. The summed E-state index contributed by atoms with van der Waals surface area (Å²) in [6.45, 7) is 0. The largest absolute Gasteiger partial charge is 0.465 e. The second kappa shape index (κ2) is 6.82. The first-order valence-corrected chi connectivity index (χ1v) is 7.61. The lowest BCUT2D eigenvalue weighted by Crippen LogP contribution is -2.53. The third kappa shape index (κ3) is 3.40. The van der Waals surface area contributed by atoms with Crippen LogP contribution in [-0.2, 0) is 14.3 Å². The number of nitrogens with zero attached hydrogens (tertiary/aromatic N) is 2. The van der Waals surface area contributed by atoms with E-state index in [-0.39, 0.29) is 11.1 Å². The number of methoxy groups -OCH3 is 1. The number of hydrogen-bond donors (Lipinski definition) is 0. The molecule has 0 saturated heterocycles. The van der Waals surface area contributed by atoms with Crippen LogP contribution in [-0.4, -0.2) is 36.7 Å². The van der Waals surface area contributed by atoms with Crippen LogP contribution in [0.15, 0.2) is 64.6 Å². The predicted molar refractivity (Wildman–Crippen MR) is 87.8 cm³/mol. The van der Waals surface area contributed by atoms with Crippen molar-refractivity contribution in [3.8, 4) is 0 Å². The van der Waals surface area contributed by atoms with Gasteiger partial charge in [-0.25, -0.2) is 9.18 Å². The van der Waals surface area contributed by atoms with Gasteiger partial charge in [0.25, 0.3) is 0 Å². The lowest BCUT2D eigenvalue weighted by atomic mass is 10.1. The van der Waals surface area contributed by atoms with Gasteiger partial charge in [-0.3, -0.25) is 0 Å². The lowest BCUT2D eigenvalue weighted by Gasteiger charge is -2.30. The van der Waals surface area contributed by atoms with E-state index in [1.165, 1.54) is 24.3 Å². The van der Waals surface area contributed by atoms with Gasteiger partial charge in [0.1, 0.15) is 5.82 Å². The number of carbonyl (C=O) groups is 1. The average Bonchev–Trinajstić information content (AvgIpc) is 2.67. The lowest BCUT2D eigenvalue weighted by molar-refractivity contribution is -0.202. The van der Waals surface area contributed by atoms with Crippen molar-refractivity contribution in [3.05, 3.63) is 71.5 Å². The fraction of sp³-hybridized carbons (Fsp3) is 0.167. The molecule has 0 bridgehead atoms. The standard InChI is InChI=1S/C18H12F4N2O3/c1-26-16(25)17(18(20,21)22)23-14(11-5-3-2-4-6-11)27-15(24-17)12-7-9-13(19)10-8-12/h2-10H,1H3. The molecule has 0 aliphatic carbocycles. The van der Waals surface area contributed by atoms with Gasteiger partial charge >= 0.3 is 17.8 Å². The number of hydrogen-bond acceptors (Lipinski definition) is 5. The fourth-order valence-corrected chi connectivity index (χ4v) is 2.35. The van der Waals surface area contributed by atoms with Crippen LogP contribution in [0, 0.1) is 5.82 Å². The number of ether oxygens (including phenoxy) is 2. The summed E-state index contributed by atoms with van der Waals surface area (Å²) < 4.78 is 64.4. The van der Waals surface area contributed by atoms with Gasteiger partial charge in [0.05, 0.1) is 7.11 Å². The van der Waals surface area contributed by atoms with Gasteiger partial charge in [0.2, 0.25) is 11.8 Å². The minimum absolute atomic E-state index is 0.0391. The Kier molecular flexibility index (Phi) is 4.69. The topological polar surface area (TPSA) is 60.2 Å². The number of alkyl halides is 3. The van der Waals surface area contributed by atoms with Crippen LogP contribution < -0.4 is 0 Å². The Balaban J connectivity index is 2.22. The highest BCUT2D eigenvalue weighted by Gasteiger charge is 2.65. The summed E-state index contributed by atoms with van der Waals surface area (Å²) in [5, 5.41) is 0. The zero-order chi connectivity index (χ0) is 19.7. The molecule has 1 atom stereocenters. The van der Waals surface area contributed by atoms with E-state index in [1.54, 1.807) is 18.2 Å². The fourth-order valence-electron chi connectivity index (χ4n) is 2.35.